The van der Waals surface area contributed by atoms with Gasteiger partial charge < -0.3 is 10.2 Å². The summed E-state index contributed by atoms with van der Waals surface area (Å²) in [5.41, 5.74) is 3.35. The molecule has 0 aliphatic heterocycles. The van der Waals surface area contributed by atoms with Crippen molar-refractivity contribution >= 4 is 11.6 Å². The summed E-state index contributed by atoms with van der Waals surface area (Å²) in [5.74, 6) is -0.0120. The highest BCUT2D eigenvalue weighted by atomic mass is 16.2. The van der Waals surface area contributed by atoms with Crippen LogP contribution in [0.4, 0.5) is 5.69 Å². The van der Waals surface area contributed by atoms with Crippen LogP contribution in [0.15, 0.2) is 36.7 Å². The molecule has 2 aromatic rings. The monoisotopic (exact) mass is 284 g/mol. The van der Waals surface area contributed by atoms with E-state index in [1.54, 1.807) is 31.4 Å². The van der Waals surface area contributed by atoms with Gasteiger partial charge in [0.05, 0.1) is 17.4 Å². The van der Waals surface area contributed by atoms with Crippen molar-refractivity contribution in [3.05, 3.63) is 53.6 Å². The third-order valence-corrected chi connectivity index (χ3v) is 3.23. The van der Waals surface area contributed by atoms with Crippen molar-refractivity contribution in [3.8, 4) is 0 Å². The van der Waals surface area contributed by atoms with Gasteiger partial charge in [0.1, 0.15) is 0 Å². The molecule has 21 heavy (non-hydrogen) atoms. The second-order valence-electron chi connectivity index (χ2n) is 5.17. The minimum absolute atomic E-state index is 0.0120. The summed E-state index contributed by atoms with van der Waals surface area (Å²) in [5, 5.41) is 3.36. The van der Waals surface area contributed by atoms with E-state index in [-0.39, 0.29) is 11.9 Å². The second-order valence-corrected chi connectivity index (χ2v) is 5.17. The van der Waals surface area contributed by atoms with Crippen molar-refractivity contribution in [2.45, 2.75) is 19.9 Å². The van der Waals surface area contributed by atoms with Gasteiger partial charge in [0, 0.05) is 37.7 Å². The number of aryl methyl sites for hydroxylation is 1. The molecule has 1 amide bonds. The molecule has 0 fully saturated rings. The number of rotatable bonds is 4. The summed E-state index contributed by atoms with van der Waals surface area (Å²) >= 11 is 0. The summed E-state index contributed by atoms with van der Waals surface area (Å²) in [6.45, 7) is 3.96. The third kappa shape index (κ3) is 3.56. The van der Waals surface area contributed by atoms with Crippen LogP contribution < -0.4 is 5.32 Å². The first-order valence-electron chi connectivity index (χ1n) is 6.85. The Hall–Kier alpha value is -2.43. The SMILES string of the molecule is Cc1nccnc1C(C)Nc1cccc(C(=O)N(C)C)c1. The Morgan fingerprint density at radius 1 is 1.24 bits per heavy atom. The first-order chi connectivity index (χ1) is 9.99. The summed E-state index contributed by atoms with van der Waals surface area (Å²) in [4.78, 5) is 22.2. The molecular formula is C16H20N4O. The van der Waals surface area contributed by atoms with Crippen molar-refractivity contribution < 1.29 is 4.79 Å². The van der Waals surface area contributed by atoms with Crippen LogP contribution >= 0.6 is 0 Å². The fourth-order valence-electron chi connectivity index (χ4n) is 2.16. The van der Waals surface area contributed by atoms with Crippen molar-refractivity contribution in [1.82, 2.24) is 14.9 Å². The number of nitrogens with one attached hydrogen (secondary N) is 1. The molecule has 1 heterocycles. The molecule has 1 unspecified atom stereocenters. The molecule has 0 aliphatic carbocycles. The third-order valence-electron chi connectivity index (χ3n) is 3.23. The number of benzene rings is 1. The van der Waals surface area contributed by atoms with Gasteiger partial charge in [-0.25, -0.2) is 0 Å². The standard InChI is InChI=1S/C16H20N4O/c1-11-15(18-9-8-17-11)12(2)19-14-7-5-6-13(10-14)16(21)20(3)4/h5-10,12,19H,1-4H3. The van der Waals surface area contributed by atoms with Gasteiger partial charge in [-0.3, -0.25) is 14.8 Å². The van der Waals surface area contributed by atoms with E-state index < -0.39 is 0 Å². The maximum Gasteiger partial charge on any atom is 0.253 e. The van der Waals surface area contributed by atoms with Crippen molar-refractivity contribution in [1.29, 1.82) is 0 Å². The predicted molar refractivity (Wildman–Crippen MR) is 83.3 cm³/mol. The molecule has 5 nitrogen and oxygen atoms in total. The van der Waals surface area contributed by atoms with Crippen LogP contribution in [0.2, 0.25) is 0 Å². The van der Waals surface area contributed by atoms with Crippen LogP contribution in [0.25, 0.3) is 0 Å². The quantitative estimate of drug-likeness (QED) is 0.937. The van der Waals surface area contributed by atoms with Gasteiger partial charge in [-0.15, -0.1) is 0 Å². The number of carbonyl (C=O) groups is 1. The van der Waals surface area contributed by atoms with Crippen molar-refractivity contribution in [2.75, 3.05) is 19.4 Å². The van der Waals surface area contributed by atoms with Gasteiger partial charge in [-0.05, 0) is 32.0 Å². The number of aromatic nitrogens is 2. The zero-order valence-corrected chi connectivity index (χ0v) is 12.8. The molecule has 2 rings (SSSR count). The largest absolute Gasteiger partial charge is 0.377 e. The number of carbonyl (C=O) groups excluding carboxylic acids is 1. The summed E-state index contributed by atoms with van der Waals surface area (Å²) in [6, 6.07) is 7.49. The van der Waals surface area contributed by atoms with E-state index in [1.807, 2.05) is 38.1 Å². The van der Waals surface area contributed by atoms with Gasteiger partial charge in [-0.1, -0.05) is 6.07 Å². The van der Waals surface area contributed by atoms with Crippen LogP contribution in [0.1, 0.15) is 34.7 Å². The topological polar surface area (TPSA) is 58.1 Å². The van der Waals surface area contributed by atoms with E-state index in [2.05, 4.69) is 15.3 Å². The average Bonchev–Trinajstić information content (AvgIpc) is 2.47. The highest BCUT2D eigenvalue weighted by molar-refractivity contribution is 5.94. The van der Waals surface area contributed by atoms with Crippen LogP contribution in [0.3, 0.4) is 0 Å². The Bertz CT molecular complexity index is 640. The summed E-state index contributed by atoms with van der Waals surface area (Å²) in [7, 11) is 3.49. The zero-order valence-electron chi connectivity index (χ0n) is 12.8. The van der Waals surface area contributed by atoms with E-state index in [0.29, 0.717) is 5.56 Å². The Morgan fingerprint density at radius 3 is 2.62 bits per heavy atom. The molecule has 5 heteroatoms. The fourth-order valence-corrected chi connectivity index (χ4v) is 2.16. The van der Waals surface area contributed by atoms with E-state index in [0.717, 1.165) is 17.1 Å². The molecule has 0 bridgehead atoms. The Balaban J connectivity index is 2.18. The van der Waals surface area contributed by atoms with Crippen molar-refractivity contribution in [2.24, 2.45) is 0 Å². The lowest BCUT2D eigenvalue weighted by molar-refractivity contribution is 0.0827. The minimum atomic E-state index is -0.0120. The molecule has 0 saturated heterocycles. The molecule has 0 saturated carbocycles. The van der Waals surface area contributed by atoms with Crippen LogP contribution in [0.5, 0.6) is 0 Å². The Morgan fingerprint density at radius 2 is 1.95 bits per heavy atom. The van der Waals surface area contributed by atoms with Gasteiger partial charge in [-0.2, -0.15) is 0 Å². The summed E-state index contributed by atoms with van der Waals surface area (Å²) in [6.07, 6.45) is 3.37. The molecule has 0 aliphatic rings. The van der Waals surface area contributed by atoms with Crippen LogP contribution in [0, 0.1) is 6.92 Å². The highest BCUT2D eigenvalue weighted by Crippen LogP contribution is 2.20. The molecule has 0 radical (unpaired) electrons. The highest BCUT2D eigenvalue weighted by Gasteiger charge is 2.12. The average molecular weight is 284 g/mol. The lowest BCUT2D eigenvalue weighted by Gasteiger charge is -2.17. The molecular weight excluding hydrogens is 264 g/mol. The molecule has 0 spiro atoms. The number of amides is 1. The predicted octanol–water partition coefficient (Wildman–Crippen LogP) is 2.66. The van der Waals surface area contributed by atoms with Gasteiger partial charge in [0.15, 0.2) is 0 Å². The number of nitrogens with zero attached hydrogens (tertiary/aromatic N) is 3. The number of hydrogen-bond acceptors (Lipinski definition) is 4. The van der Waals surface area contributed by atoms with Gasteiger partial charge in [0.25, 0.3) is 5.91 Å². The number of hydrogen-bond donors (Lipinski definition) is 1. The lowest BCUT2D eigenvalue weighted by atomic mass is 10.1. The molecule has 1 atom stereocenters. The molecule has 1 N–H and O–H groups in total. The van der Waals surface area contributed by atoms with Crippen LogP contribution in [-0.2, 0) is 0 Å². The molecule has 1 aromatic heterocycles. The summed E-state index contributed by atoms with van der Waals surface area (Å²) < 4.78 is 0. The van der Waals surface area contributed by atoms with Gasteiger partial charge in [0.2, 0.25) is 0 Å². The van der Waals surface area contributed by atoms with E-state index in [4.69, 9.17) is 0 Å². The first-order valence-corrected chi connectivity index (χ1v) is 6.85. The first kappa shape index (κ1) is 15.0. The van der Waals surface area contributed by atoms with Gasteiger partial charge >= 0.3 is 0 Å². The lowest BCUT2D eigenvalue weighted by Crippen LogP contribution is -2.21. The van der Waals surface area contributed by atoms with E-state index in [1.165, 1.54) is 0 Å². The maximum atomic E-state index is 12.0. The Kier molecular flexibility index (Phi) is 4.52. The fraction of sp³-hybridized carbons (Fsp3) is 0.312. The van der Waals surface area contributed by atoms with Crippen LogP contribution in [-0.4, -0.2) is 34.9 Å². The molecule has 110 valence electrons. The van der Waals surface area contributed by atoms with E-state index >= 15 is 0 Å². The number of anilines is 1. The van der Waals surface area contributed by atoms with E-state index in [9.17, 15) is 4.79 Å². The minimum Gasteiger partial charge on any atom is -0.377 e. The maximum absolute atomic E-state index is 12.0. The molecule has 1 aromatic carbocycles. The van der Waals surface area contributed by atoms with Crippen molar-refractivity contribution in [3.63, 3.8) is 0 Å². The zero-order chi connectivity index (χ0) is 15.4. The Labute approximate surface area is 125 Å². The second kappa shape index (κ2) is 6.35. The normalized spacial score (nSPS) is 11.8. The smallest absolute Gasteiger partial charge is 0.253 e.